The van der Waals surface area contributed by atoms with E-state index in [0.29, 0.717) is 5.69 Å². The summed E-state index contributed by atoms with van der Waals surface area (Å²) in [6.45, 7) is 2.68. The number of carbonyl (C=O) groups excluding carboxylic acids is 2. The van der Waals surface area contributed by atoms with E-state index in [1.165, 1.54) is 45.5 Å². The summed E-state index contributed by atoms with van der Waals surface area (Å²) < 4.78 is 41.0. The molecule has 2 rings (SSSR count). The summed E-state index contributed by atoms with van der Waals surface area (Å²) in [7, 11) is 264. The van der Waals surface area contributed by atoms with Crippen molar-refractivity contribution in [3.8, 4) is 0 Å². The first-order valence-corrected chi connectivity index (χ1v) is 32.6. The van der Waals surface area contributed by atoms with Gasteiger partial charge in [-0.2, -0.15) is 13.2 Å². The Morgan fingerprint density at radius 1 is 0.327 bits per heavy atom. The normalized spacial score (nSPS) is 9.74. The highest BCUT2D eigenvalue weighted by Gasteiger charge is 2.59. The smallest absolute Gasteiger partial charge is 0.416 e. The number of aromatic nitrogens is 1. The lowest BCUT2D eigenvalue weighted by atomic mass is 8.27. The zero-order valence-electron chi connectivity index (χ0n) is 59.0. The second-order valence-corrected chi connectivity index (χ2v) is 26.4. The Balaban J connectivity index is 0. The van der Waals surface area contributed by atoms with Crippen molar-refractivity contribution in [3.05, 3.63) is 42.3 Å². The Morgan fingerprint density at radius 2 is 0.548 bits per heavy atom. The van der Waals surface area contributed by atoms with Crippen molar-refractivity contribution in [2.45, 2.75) is 20.0 Å². The van der Waals surface area contributed by atoms with Crippen LogP contribution in [-0.2, 0) is 15.8 Å². The van der Waals surface area contributed by atoms with Crippen LogP contribution in [0.25, 0.3) is 0 Å². The van der Waals surface area contributed by atoms with Gasteiger partial charge in [-0.1, -0.05) is 0 Å². The van der Waals surface area contributed by atoms with Gasteiger partial charge in [-0.3, -0.25) is 14.9 Å². The van der Waals surface area contributed by atoms with E-state index in [4.69, 9.17) is 329 Å². The molecule has 0 aliphatic carbocycles. The molecule has 104 heavy (non-hydrogen) atoms. The molecule has 85 radical (unpaired) electrons. The van der Waals surface area contributed by atoms with Crippen LogP contribution in [0, 0.1) is 0 Å². The van der Waals surface area contributed by atoms with Crippen LogP contribution in [0.4, 0.5) is 24.9 Å². The third-order valence-electron chi connectivity index (χ3n) is 18.5. The molecule has 0 bridgehead atoms. The predicted octanol–water partition coefficient (Wildman–Crippen LogP) is -27.5. The number of oxazole rings is 1. The van der Waals surface area contributed by atoms with Crippen molar-refractivity contribution in [2.75, 3.05) is 10.6 Å². The predicted molar refractivity (Wildman–Crippen MR) is 543 cm³/mol. The van der Waals surface area contributed by atoms with Gasteiger partial charge in [0, 0.05) is 594 Å². The van der Waals surface area contributed by atoms with Gasteiger partial charge in [0.2, 0.25) is 11.8 Å². The van der Waals surface area contributed by atoms with Gasteiger partial charge in [0.15, 0.2) is 0 Å². The minimum absolute atomic E-state index is 0.183. The van der Waals surface area contributed by atoms with Crippen LogP contribution < -0.4 is 10.6 Å². The molecule has 90 heteroatoms. The maximum absolute atomic E-state index is 12.1. The summed E-state index contributed by atoms with van der Waals surface area (Å²) in [5.41, 5.74) is -0.378. The number of benzene rings is 1. The van der Waals surface area contributed by atoms with Gasteiger partial charge in [-0.15, -0.1) is 0 Å². The van der Waals surface area contributed by atoms with Crippen LogP contribution in [0.15, 0.2) is 41.1 Å². The van der Waals surface area contributed by atoms with Crippen LogP contribution in [0.1, 0.15) is 19.4 Å². The molecule has 1 heterocycles. The van der Waals surface area contributed by atoms with Crippen molar-refractivity contribution >= 4 is 598 Å². The number of nitrogens with zero attached hydrogens (tertiary/aromatic N) is 1. The lowest BCUT2D eigenvalue weighted by Gasteiger charge is -2.54. The Hall–Kier alpha value is 2.42. The van der Waals surface area contributed by atoms with Crippen molar-refractivity contribution in [1.82, 2.24) is 4.98 Å². The first-order chi connectivity index (χ1) is 47.5. The fourth-order valence-corrected chi connectivity index (χ4v) is 14.5. The Bertz CT molecular complexity index is 2340. The summed E-state index contributed by atoms with van der Waals surface area (Å²) in [6.07, 6.45) is -44.5. The molecule has 0 spiro atoms. The highest BCUT2D eigenvalue weighted by molar-refractivity contribution is 8.35. The molecule has 0 aliphatic heterocycles. The van der Waals surface area contributed by atoms with Crippen LogP contribution in [0.5, 0.6) is 0 Å². The highest BCUT2D eigenvalue weighted by atomic mass is 19.4. The Kier molecular flexibility index (Phi) is 54.4. The van der Waals surface area contributed by atoms with E-state index in [9.17, 15) is 22.8 Å². The van der Waals surface area contributed by atoms with Crippen LogP contribution in [-0.4, -0.2) is 591 Å². The van der Waals surface area contributed by atoms with E-state index >= 15 is 0 Å². The molecular formula is C14H14B81F3N3O3. The Morgan fingerprint density at radius 3 is 0.712 bits per heavy atom. The van der Waals surface area contributed by atoms with Crippen molar-refractivity contribution in [1.29, 1.82) is 0 Å². The first kappa shape index (κ1) is 108. The Labute approximate surface area is 697 Å². The van der Waals surface area contributed by atoms with E-state index in [1.54, 1.807) is 0 Å². The zero-order valence-corrected chi connectivity index (χ0v) is 59.0. The lowest BCUT2D eigenvalue weighted by molar-refractivity contribution is -0.137. The molecule has 0 unspecified atom stereocenters. The SMILES string of the molecule is CC(=O)Nc1ccc(C(F)(F)F)cc1.CC(=O)Nc1ncco1.[B]B([B])B([B])B(B([B])[B])B(B(B(B([B])[B])B([B])[B])B(B([B])[B])B([B])[B])B(B(B([B])[B])B([B])[B])B(B([B])[B])B([B])[B].[B][B]B(B([B])[B])B(B([B])[B])B(B(B(B([B])[B])B([B])[B])B(B([B])[B])B([B])[B])B(B(B([B])[B])B([B])[B])B(B([B])[B])B([B])[B]. The molecule has 2 aromatic rings. The molecule has 367 valence electrons. The van der Waals surface area contributed by atoms with Crippen molar-refractivity contribution in [2.24, 2.45) is 0 Å². The van der Waals surface area contributed by atoms with E-state index < -0.39 is 254 Å². The molecular weight excluding hydrogens is 1190 g/mol. The van der Waals surface area contributed by atoms with Crippen LogP contribution in [0.3, 0.4) is 0 Å². The van der Waals surface area contributed by atoms with Gasteiger partial charge in [-0.25, -0.2) is 4.98 Å². The van der Waals surface area contributed by atoms with Gasteiger partial charge in [0.05, 0.1) is 11.8 Å². The molecule has 0 saturated carbocycles. The fraction of sp³-hybridized carbons (Fsp3) is 0.214. The number of anilines is 2. The van der Waals surface area contributed by atoms with Crippen molar-refractivity contribution in [3.63, 3.8) is 0 Å². The summed E-state index contributed by atoms with van der Waals surface area (Å²) >= 11 is 0. The molecule has 0 aliphatic rings. The number of halogens is 3. The van der Waals surface area contributed by atoms with Gasteiger partial charge in [-0.05, 0) is 24.3 Å². The number of hydrogen-bond acceptors (Lipinski definition) is 4. The number of hydrogen-bond donors (Lipinski definition) is 2. The second-order valence-electron chi connectivity index (χ2n) is 26.4. The molecule has 6 nitrogen and oxygen atoms in total. The third kappa shape index (κ3) is 34.7. The van der Waals surface area contributed by atoms with Gasteiger partial charge in [0.25, 0.3) is 0 Å². The molecule has 1 aromatic carbocycles. The first-order valence-electron chi connectivity index (χ1n) is 32.6. The maximum atomic E-state index is 12.1. The molecule has 2 N–H and O–H groups in total. The number of amides is 2. The van der Waals surface area contributed by atoms with Crippen molar-refractivity contribution < 1.29 is 27.2 Å². The van der Waals surface area contributed by atoms with Gasteiger partial charge >= 0.3 is 12.2 Å². The molecule has 0 atom stereocenters. The number of carbonyl (C=O) groups is 2. The lowest BCUT2D eigenvalue weighted by Crippen LogP contribution is -2.92. The third-order valence-corrected chi connectivity index (χ3v) is 18.5. The van der Waals surface area contributed by atoms with Crippen LogP contribution in [0.2, 0.25) is 0 Å². The summed E-state index contributed by atoms with van der Waals surface area (Å²) in [5.74, 6) is -0.498. The minimum Gasteiger partial charge on any atom is -0.432 e. The summed E-state index contributed by atoms with van der Waals surface area (Å²) in [6, 6.07) is 4.51. The molecule has 2 amide bonds. The largest absolute Gasteiger partial charge is 0.432 e. The van der Waals surface area contributed by atoms with E-state index in [1.807, 2.05) is 0 Å². The maximum Gasteiger partial charge on any atom is 0.416 e. The molecule has 0 saturated heterocycles. The van der Waals surface area contributed by atoms with E-state index in [0.717, 1.165) is 12.1 Å². The number of alkyl halides is 3. The summed E-state index contributed by atoms with van der Waals surface area (Å²) in [4.78, 5) is 24.5. The molecule has 0 fully saturated rings. The highest BCUT2D eigenvalue weighted by Crippen LogP contribution is 2.30. The summed E-state index contributed by atoms with van der Waals surface area (Å²) in [5, 5.41) is 4.75. The number of nitrogens with one attached hydrogen (secondary N) is 2. The average molecular weight is 1210 g/mol. The minimum atomic E-state index is -4.34. The monoisotopic (exact) mass is 1220 g/mol. The number of rotatable bonds is 39. The van der Waals surface area contributed by atoms with E-state index in [-0.39, 0.29) is 17.8 Å². The second kappa shape index (κ2) is 52.2. The molecule has 1 aromatic heterocycles. The topological polar surface area (TPSA) is 84.2 Å². The van der Waals surface area contributed by atoms with E-state index in [2.05, 4.69) is 15.6 Å². The van der Waals surface area contributed by atoms with Crippen LogP contribution >= 0.6 is 0 Å². The van der Waals surface area contributed by atoms with Gasteiger partial charge < -0.3 is 9.73 Å². The fourth-order valence-electron chi connectivity index (χ4n) is 14.5. The zero-order chi connectivity index (χ0) is 82.1. The average Bonchev–Trinajstić information content (AvgIpc) is 0.759. The standard InChI is InChI=1S/C9H8F3NO.C5H6N2O2.B41.B40/c1-6(14)13-8-4-2-7(3-5-8)9(10,11)12;1-4(8)7-5-6-2-3-9-5;1-22-33(23(2)3)38(32(20)21)41(39(34(24(4)5)25(6)7)35(26(8)9)27(10)11)40(36(28(12)13)29(14)15)37(30(16)17)31(18)19;1-22(2)32(21)37(31(19)20)40(38(33(23(3)4)24(5)6)34(25(7)8)26(9)10)39(35(27(11)12)28(13)14)36(29(15)16)30(17)18/h2-5H,1H3,(H,13,14);2-3H,1H3,(H,6,7,8);;. The van der Waals surface area contributed by atoms with Gasteiger partial charge in [0.1, 0.15) is 6.26 Å². The quantitative estimate of drug-likeness (QED) is 0.0653.